The van der Waals surface area contributed by atoms with Gasteiger partial charge in [0, 0.05) is 12.0 Å². The van der Waals surface area contributed by atoms with Gasteiger partial charge in [-0.3, -0.25) is 0 Å². The van der Waals surface area contributed by atoms with E-state index in [9.17, 15) is 8.42 Å². The van der Waals surface area contributed by atoms with Crippen molar-refractivity contribution >= 4 is 10.0 Å². The molecule has 23 heavy (non-hydrogen) atoms. The zero-order valence-electron chi connectivity index (χ0n) is 13.3. The van der Waals surface area contributed by atoms with Crippen LogP contribution in [0.2, 0.25) is 0 Å². The maximum Gasteiger partial charge on any atom is 0.241 e. The third-order valence-corrected chi connectivity index (χ3v) is 7.94. The molecule has 4 fully saturated rings. The van der Waals surface area contributed by atoms with Crippen LogP contribution in [0.25, 0.3) is 0 Å². The number of ether oxygens (including phenoxy) is 1. The molecule has 0 saturated heterocycles. The molecule has 4 aliphatic carbocycles. The molecule has 0 spiro atoms. The number of sulfonamides is 1. The van der Waals surface area contributed by atoms with Gasteiger partial charge >= 0.3 is 0 Å². The van der Waals surface area contributed by atoms with E-state index in [0.717, 1.165) is 54.7 Å². The minimum atomic E-state index is -3.45. The summed E-state index contributed by atoms with van der Waals surface area (Å²) >= 11 is 0. The Labute approximate surface area is 137 Å². The van der Waals surface area contributed by atoms with E-state index in [-0.39, 0.29) is 5.54 Å². The van der Waals surface area contributed by atoms with E-state index in [2.05, 4.69) is 4.72 Å². The molecule has 0 atom stereocenters. The monoisotopic (exact) mass is 333 g/mol. The predicted octanol–water partition coefficient (Wildman–Crippen LogP) is 2.87. The Morgan fingerprint density at radius 2 is 1.70 bits per heavy atom. The Balaban J connectivity index is 1.45. The molecular formula is C18H23NO3S. The van der Waals surface area contributed by atoms with Crippen molar-refractivity contribution < 1.29 is 13.2 Å². The van der Waals surface area contributed by atoms with E-state index in [4.69, 9.17) is 4.74 Å². The third kappa shape index (κ3) is 2.31. The normalized spacial score (nSPS) is 37.7. The summed E-state index contributed by atoms with van der Waals surface area (Å²) in [6.45, 7) is 0.654. The predicted molar refractivity (Wildman–Crippen MR) is 86.9 cm³/mol. The molecule has 5 heteroatoms. The smallest absolute Gasteiger partial charge is 0.241 e. The molecule has 6 rings (SSSR count). The van der Waals surface area contributed by atoms with Gasteiger partial charge in [0.15, 0.2) is 0 Å². The first-order valence-electron chi connectivity index (χ1n) is 8.81. The van der Waals surface area contributed by atoms with Crippen LogP contribution >= 0.6 is 0 Å². The largest absolute Gasteiger partial charge is 0.493 e. The van der Waals surface area contributed by atoms with Gasteiger partial charge in [0.25, 0.3) is 0 Å². The minimum Gasteiger partial charge on any atom is -0.493 e. The second-order valence-corrected chi connectivity index (χ2v) is 9.85. The summed E-state index contributed by atoms with van der Waals surface area (Å²) < 4.78 is 34.6. The molecule has 124 valence electrons. The summed E-state index contributed by atoms with van der Waals surface area (Å²) in [5.41, 5.74) is 0.835. The third-order valence-electron chi connectivity index (χ3n) is 6.36. The molecule has 1 aromatic rings. The van der Waals surface area contributed by atoms with Crippen LogP contribution in [-0.2, 0) is 16.4 Å². The maximum absolute atomic E-state index is 13.0. The van der Waals surface area contributed by atoms with Crippen LogP contribution in [0.15, 0.2) is 23.1 Å². The standard InChI is InChI=1S/C18H23NO3S/c20-23(21,16-1-2-17-15(8-16)3-4-22-17)19-18-9-12-5-13(10-18)7-14(6-12)11-18/h1-2,8,12-14,19H,3-7,9-11H2. The van der Waals surface area contributed by atoms with Crippen LogP contribution in [0.3, 0.4) is 0 Å². The molecular weight excluding hydrogens is 310 g/mol. The second kappa shape index (κ2) is 4.73. The fraction of sp³-hybridized carbons (Fsp3) is 0.667. The van der Waals surface area contributed by atoms with Crippen LogP contribution in [0.1, 0.15) is 44.1 Å². The molecule has 0 aromatic heterocycles. The molecule has 4 nitrogen and oxygen atoms in total. The number of hydrogen-bond acceptors (Lipinski definition) is 3. The number of nitrogens with one attached hydrogen (secondary N) is 1. The zero-order valence-corrected chi connectivity index (χ0v) is 14.1. The van der Waals surface area contributed by atoms with Gasteiger partial charge in [-0.25, -0.2) is 13.1 Å². The van der Waals surface area contributed by atoms with Crippen molar-refractivity contribution in [2.75, 3.05) is 6.61 Å². The van der Waals surface area contributed by atoms with Crippen LogP contribution in [0.4, 0.5) is 0 Å². The molecule has 1 heterocycles. The quantitative estimate of drug-likeness (QED) is 0.925. The lowest BCUT2D eigenvalue weighted by atomic mass is 9.53. The first kappa shape index (κ1) is 14.3. The highest BCUT2D eigenvalue weighted by atomic mass is 32.2. The number of hydrogen-bond donors (Lipinski definition) is 1. The first-order valence-corrected chi connectivity index (χ1v) is 10.3. The summed E-state index contributed by atoms with van der Waals surface area (Å²) in [6.07, 6.45) is 7.85. The molecule has 0 unspecified atom stereocenters. The Kier molecular flexibility index (Phi) is 2.94. The van der Waals surface area contributed by atoms with Crippen molar-refractivity contribution in [3.05, 3.63) is 23.8 Å². The van der Waals surface area contributed by atoms with Gasteiger partial charge < -0.3 is 4.74 Å². The molecule has 1 aliphatic heterocycles. The highest BCUT2D eigenvalue weighted by Gasteiger charge is 2.52. The Morgan fingerprint density at radius 3 is 2.35 bits per heavy atom. The summed E-state index contributed by atoms with van der Waals surface area (Å²) in [4.78, 5) is 0.400. The number of fused-ring (bicyclic) bond motifs is 1. The molecule has 4 saturated carbocycles. The van der Waals surface area contributed by atoms with Gasteiger partial charge in [0.2, 0.25) is 10.0 Å². The van der Waals surface area contributed by atoms with E-state index in [1.807, 2.05) is 0 Å². The molecule has 5 aliphatic rings. The Morgan fingerprint density at radius 1 is 1.04 bits per heavy atom. The Hall–Kier alpha value is -1.07. The van der Waals surface area contributed by atoms with Gasteiger partial charge in [0.05, 0.1) is 11.5 Å². The highest BCUT2D eigenvalue weighted by Crippen LogP contribution is 2.56. The lowest BCUT2D eigenvalue weighted by Crippen LogP contribution is -2.59. The van der Waals surface area contributed by atoms with E-state index in [1.54, 1.807) is 18.2 Å². The highest BCUT2D eigenvalue weighted by molar-refractivity contribution is 7.89. The lowest BCUT2D eigenvalue weighted by Gasteiger charge is -2.56. The number of benzene rings is 1. The average Bonchev–Trinajstić information content (AvgIpc) is 2.91. The van der Waals surface area contributed by atoms with Gasteiger partial charge in [0.1, 0.15) is 5.75 Å². The molecule has 0 radical (unpaired) electrons. The van der Waals surface area contributed by atoms with Crippen LogP contribution in [-0.4, -0.2) is 20.6 Å². The maximum atomic E-state index is 13.0. The fourth-order valence-corrected chi connectivity index (χ4v) is 7.39. The molecule has 1 aromatic carbocycles. The summed E-state index contributed by atoms with van der Waals surface area (Å²) in [5.74, 6) is 3.03. The second-order valence-electron chi connectivity index (χ2n) is 8.17. The van der Waals surface area contributed by atoms with Crippen molar-refractivity contribution in [2.24, 2.45) is 17.8 Å². The van der Waals surface area contributed by atoms with Gasteiger partial charge in [-0.1, -0.05) is 0 Å². The van der Waals surface area contributed by atoms with Gasteiger partial charge in [-0.2, -0.15) is 0 Å². The van der Waals surface area contributed by atoms with Gasteiger partial charge in [-0.15, -0.1) is 0 Å². The van der Waals surface area contributed by atoms with Crippen LogP contribution < -0.4 is 9.46 Å². The van der Waals surface area contributed by atoms with E-state index in [1.165, 1.54) is 19.3 Å². The topological polar surface area (TPSA) is 55.4 Å². The summed E-state index contributed by atoms with van der Waals surface area (Å²) in [7, 11) is -3.45. The van der Waals surface area contributed by atoms with Crippen molar-refractivity contribution in [2.45, 2.75) is 55.4 Å². The van der Waals surface area contributed by atoms with Crippen LogP contribution in [0, 0.1) is 17.8 Å². The summed E-state index contributed by atoms with van der Waals surface area (Å²) in [5, 5.41) is 0. The van der Waals surface area contributed by atoms with E-state index in [0.29, 0.717) is 11.5 Å². The first-order chi connectivity index (χ1) is 11.0. The average molecular weight is 333 g/mol. The summed E-state index contributed by atoms with van der Waals surface area (Å²) in [6, 6.07) is 5.29. The fourth-order valence-electron chi connectivity index (χ4n) is 5.91. The lowest BCUT2D eigenvalue weighted by molar-refractivity contribution is -0.00810. The van der Waals surface area contributed by atoms with Crippen molar-refractivity contribution in [1.29, 1.82) is 0 Å². The van der Waals surface area contributed by atoms with Crippen molar-refractivity contribution in [1.82, 2.24) is 4.72 Å². The van der Waals surface area contributed by atoms with E-state index < -0.39 is 10.0 Å². The van der Waals surface area contributed by atoms with Gasteiger partial charge in [-0.05, 0) is 80.0 Å². The molecule has 4 bridgehead atoms. The molecule has 1 N–H and O–H groups in total. The molecule has 0 amide bonds. The van der Waals surface area contributed by atoms with Crippen LogP contribution in [0.5, 0.6) is 5.75 Å². The van der Waals surface area contributed by atoms with Crippen molar-refractivity contribution in [3.8, 4) is 5.75 Å². The zero-order chi connectivity index (χ0) is 15.7. The van der Waals surface area contributed by atoms with Crippen molar-refractivity contribution in [3.63, 3.8) is 0 Å². The SMILES string of the molecule is O=S(=O)(NC12CC3CC(CC(C3)C1)C2)c1ccc2c(c1)CCO2. The Bertz CT molecular complexity index is 720. The minimum absolute atomic E-state index is 0.177. The van der Waals surface area contributed by atoms with E-state index >= 15 is 0 Å². The number of rotatable bonds is 3.